The summed E-state index contributed by atoms with van der Waals surface area (Å²) in [6, 6.07) is 5.21. The molecule has 1 aromatic rings. The number of pyridine rings is 1. The molecule has 0 spiro atoms. The van der Waals surface area contributed by atoms with Gasteiger partial charge in [-0.05, 0) is 37.8 Å². The van der Waals surface area contributed by atoms with E-state index >= 15 is 0 Å². The van der Waals surface area contributed by atoms with Crippen LogP contribution in [0.15, 0.2) is 24.4 Å². The average molecular weight is 418 g/mol. The maximum atomic E-state index is 12.8. The number of anilines is 1. The molecule has 2 N–H and O–H groups in total. The Morgan fingerprint density at radius 2 is 1.80 bits per heavy atom. The molecule has 1 aromatic heterocycles. The lowest BCUT2D eigenvalue weighted by Gasteiger charge is -2.25. The number of amides is 3. The molecule has 3 amide bonds. The quantitative estimate of drug-likeness (QED) is 0.589. The van der Waals surface area contributed by atoms with Gasteiger partial charge in [-0.15, -0.1) is 0 Å². The first-order valence-electron chi connectivity index (χ1n) is 10.6. The molecule has 0 saturated carbocycles. The maximum absolute atomic E-state index is 12.8. The van der Waals surface area contributed by atoms with Crippen molar-refractivity contribution in [3.63, 3.8) is 0 Å². The second-order valence-corrected chi connectivity index (χ2v) is 7.61. The molecule has 0 bridgehead atoms. The number of carbonyl (C=O) groups is 3. The van der Waals surface area contributed by atoms with E-state index in [1.165, 1.54) is 4.90 Å². The first-order chi connectivity index (χ1) is 14.6. The molecule has 0 radical (unpaired) electrons. The fourth-order valence-electron chi connectivity index (χ4n) is 3.57. The Bertz CT molecular complexity index is 703. The number of rotatable bonds is 10. The van der Waals surface area contributed by atoms with Gasteiger partial charge in [-0.25, -0.2) is 4.98 Å². The van der Waals surface area contributed by atoms with Crippen LogP contribution in [0.4, 0.5) is 5.82 Å². The van der Waals surface area contributed by atoms with Crippen LogP contribution in [0.2, 0.25) is 0 Å². The van der Waals surface area contributed by atoms with Gasteiger partial charge in [0.05, 0.1) is 18.8 Å². The third-order valence-electron chi connectivity index (χ3n) is 5.18. The summed E-state index contributed by atoms with van der Waals surface area (Å²) >= 11 is 0. The zero-order valence-electron chi connectivity index (χ0n) is 17.2. The van der Waals surface area contributed by atoms with Crippen molar-refractivity contribution in [1.29, 1.82) is 0 Å². The first kappa shape index (κ1) is 22.2. The van der Waals surface area contributed by atoms with E-state index in [0.29, 0.717) is 25.5 Å². The second kappa shape index (κ2) is 11.6. The van der Waals surface area contributed by atoms with Crippen LogP contribution >= 0.6 is 0 Å². The summed E-state index contributed by atoms with van der Waals surface area (Å²) in [6.07, 6.45) is 5.35. The van der Waals surface area contributed by atoms with Crippen LogP contribution in [-0.4, -0.2) is 72.7 Å². The number of nitrogens with one attached hydrogen (secondary N) is 2. The molecule has 0 aliphatic carbocycles. The Morgan fingerprint density at radius 1 is 1.03 bits per heavy atom. The lowest BCUT2D eigenvalue weighted by molar-refractivity contribution is -0.138. The Balaban J connectivity index is 1.47. The minimum absolute atomic E-state index is 0.0183. The predicted octanol–water partition coefficient (Wildman–Crippen LogP) is 1.10. The smallest absolute Gasteiger partial charge is 0.239 e. The molecule has 3 rings (SSSR count). The van der Waals surface area contributed by atoms with E-state index in [1.54, 1.807) is 24.4 Å². The summed E-state index contributed by atoms with van der Waals surface area (Å²) in [5.74, 6) is -0.314. The van der Waals surface area contributed by atoms with Gasteiger partial charge in [-0.1, -0.05) is 6.07 Å². The van der Waals surface area contributed by atoms with Crippen molar-refractivity contribution in [3.8, 4) is 0 Å². The number of hydrogen-bond acceptors (Lipinski definition) is 6. The van der Waals surface area contributed by atoms with Crippen molar-refractivity contribution < 1.29 is 23.9 Å². The van der Waals surface area contributed by atoms with Crippen LogP contribution in [0.5, 0.6) is 0 Å². The molecule has 0 unspecified atom stereocenters. The molecule has 2 saturated heterocycles. The van der Waals surface area contributed by atoms with Gasteiger partial charge < -0.3 is 25.0 Å². The fourth-order valence-corrected chi connectivity index (χ4v) is 3.57. The molecule has 0 aromatic carbocycles. The standard InChI is InChI=1S/C21H30N4O5/c26-19(24-18-7-1-2-10-22-18)8-9-21(28)25(14-17-6-4-12-30-17)15-20(27)23-13-16-5-3-11-29-16/h1-2,7,10,16-17H,3-6,8-9,11-15H2,(H,23,27)(H,22,24,26)/t16-,17-/m1/s1. The minimum Gasteiger partial charge on any atom is -0.376 e. The normalized spacial score (nSPS) is 20.7. The number of aromatic nitrogens is 1. The van der Waals surface area contributed by atoms with Crippen LogP contribution < -0.4 is 10.6 Å². The highest BCUT2D eigenvalue weighted by atomic mass is 16.5. The van der Waals surface area contributed by atoms with Gasteiger partial charge in [0.1, 0.15) is 5.82 Å². The number of ether oxygens (including phenoxy) is 2. The summed E-state index contributed by atoms with van der Waals surface area (Å²) in [4.78, 5) is 42.8. The number of carbonyl (C=O) groups excluding carboxylic acids is 3. The lowest BCUT2D eigenvalue weighted by atomic mass is 10.2. The van der Waals surface area contributed by atoms with Crippen LogP contribution in [0.1, 0.15) is 38.5 Å². The molecule has 30 heavy (non-hydrogen) atoms. The molecule has 2 aliphatic rings. The zero-order chi connectivity index (χ0) is 21.2. The van der Waals surface area contributed by atoms with Gasteiger partial charge in [0, 0.05) is 45.3 Å². The monoisotopic (exact) mass is 418 g/mol. The van der Waals surface area contributed by atoms with E-state index in [1.807, 2.05) is 0 Å². The van der Waals surface area contributed by atoms with Crippen molar-refractivity contribution in [2.24, 2.45) is 0 Å². The molecule has 9 heteroatoms. The summed E-state index contributed by atoms with van der Waals surface area (Å²) < 4.78 is 11.1. The number of nitrogens with zero attached hydrogens (tertiary/aromatic N) is 2. The molecular weight excluding hydrogens is 388 g/mol. The predicted molar refractivity (Wildman–Crippen MR) is 110 cm³/mol. The van der Waals surface area contributed by atoms with E-state index < -0.39 is 0 Å². The Morgan fingerprint density at radius 3 is 2.47 bits per heavy atom. The molecule has 164 valence electrons. The first-order valence-corrected chi connectivity index (χ1v) is 10.6. The van der Waals surface area contributed by atoms with E-state index in [-0.39, 0.29) is 49.3 Å². The highest BCUT2D eigenvalue weighted by Gasteiger charge is 2.25. The summed E-state index contributed by atoms with van der Waals surface area (Å²) in [6.45, 7) is 2.16. The molecule has 9 nitrogen and oxygen atoms in total. The highest BCUT2D eigenvalue weighted by Crippen LogP contribution is 2.15. The van der Waals surface area contributed by atoms with E-state index in [4.69, 9.17) is 9.47 Å². The molecule has 2 atom stereocenters. The maximum Gasteiger partial charge on any atom is 0.239 e. The fraction of sp³-hybridized carbons (Fsp3) is 0.619. The Kier molecular flexibility index (Phi) is 8.58. The van der Waals surface area contributed by atoms with Gasteiger partial charge in [-0.3, -0.25) is 14.4 Å². The van der Waals surface area contributed by atoms with Crippen molar-refractivity contribution in [3.05, 3.63) is 24.4 Å². The van der Waals surface area contributed by atoms with Crippen LogP contribution in [0.25, 0.3) is 0 Å². The second-order valence-electron chi connectivity index (χ2n) is 7.61. The summed E-state index contributed by atoms with van der Waals surface area (Å²) in [5.41, 5.74) is 0. The van der Waals surface area contributed by atoms with Gasteiger partial charge in [-0.2, -0.15) is 0 Å². The van der Waals surface area contributed by atoms with Crippen LogP contribution in [0, 0.1) is 0 Å². The topological polar surface area (TPSA) is 110 Å². The third kappa shape index (κ3) is 7.38. The van der Waals surface area contributed by atoms with Crippen molar-refractivity contribution >= 4 is 23.5 Å². The van der Waals surface area contributed by atoms with E-state index in [9.17, 15) is 14.4 Å². The summed E-state index contributed by atoms with van der Waals surface area (Å²) in [5, 5.41) is 5.51. The zero-order valence-corrected chi connectivity index (χ0v) is 17.2. The minimum atomic E-state index is -0.290. The van der Waals surface area contributed by atoms with Crippen molar-refractivity contribution in [1.82, 2.24) is 15.2 Å². The molecule has 2 aliphatic heterocycles. The molecule has 2 fully saturated rings. The van der Waals surface area contributed by atoms with E-state index in [2.05, 4.69) is 15.6 Å². The van der Waals surface area contributed by atoms with Crippen molar-refractivity contribution in [2.75, 3.05) is 38.2 Å². The van der Waals surface area contributed by atoms with E-state index in [0.717, 1.165) is 32.3 Å². The van der Waals surface area contributed by atoms with Gasteiger partial charge in [0.15, 0.2) is 0 Å². The SMILES string of the molecule is O=C(CN(C[C@H]1CCCO1)C(=O)CCC(=O)Nc1ccccn1)NC[C@H]1CCCO1. The van der Waals surface area contributed by atoms with Gasteiger partial charge >= 0.3 is 0 Å². The van der Waals surface area contributed by atoms with Gasteiger partial charge in [0.25, 0.3) is 0 Å². The largest absolute Gasteiger partial charge is 0.376 e. The van der Waals surface area contributed by atoms with Crippen LogP contribution in [0.3, 0.4) is 0 Å². The average Bonchev–Trinajstić information content (AvgIpc) is 3.45. The number of hydrogen-bond donors (Lipinski definition) is 2. The summed E-state index contributed by atoms with van der Waals surface area (Å²) in [7, 11) is 0. The third-order valence-corrected chi connectivity index (χ3v) is 5.18. The Labute approximate surface area is 176 Å². The van der Waals surface area contributed by atoms with Crippen molar-refractivity contribution in [2.45, 2.75) is 50.7 Å². The molecular formula is C21H30N4O5. The van der Waals surface area contributed by atoms with Crippen LogP contribution in [-0.2, 0) is 23.9 Å². The highest BCUT2D eigenvalue weighted by molar-refractivity contribution is 5.93. The van der Waals surface area contributed by atoms with Gasteiger partial charge in [0.2, 0.25) is 17.7 Å². The lowest BCUT2D eigenvalue weighted by Crippen LogP contribution is -2.45. The molecule has 3 heterocycles. The Hall–Kier alpha value is -2.52.